The van der Waals surface area contributed by atoms with Gasteiger partial charge in [0.15, 0.2) is 0 Å². The Morgan fingerprint density at radius 3 is 2.06 bits per heavy atom. The highest BCUT2D eigenvalue weighted by Gasteiger charge is 2.33. The molecule has 0 aromatic heterocycles. The molecule has 0 aromatic carbocycles. The summed E-state index contributed by atoms with van der Waals surface area (Å²) in [5.74, 6) is 0. The molecule has 9 heteroatoms. The highest BCUT2D eigenvalue weighted by atomic mass is 35.7. The topological polar surface area (TPSA) is 51.0 Å². The first kappa shape index (κ1) is 17.1. The van der Waals surface area contributed by atoms with Gasteiger partial charge in [0, 0.05) is 17.2 Å². The summed E-state index contributed by atoms with van der Waals surface area (Å²) in [7, 11) is 5.78. The first-order chi connectivity index (χ1) is 7.41. The Morgan fingerprint density at radius 1 is 1.38 bits per heavy atom. The number of hydrogen-bond acceptors (Lipinski definition) is 4. The maximum absolute atomic E-state index is 6.11. The Labute approximate surface area is 111 Å². The van der Waals surface area contributed by atoms with Crippen molar-refractivity contribution in [1.82, 2.24) is 9.07 Å². The standard InChI is InChI=1S/C7H19ClN3O2PS2/c1-5-12-11(13-6-2)14(9,15)10(16-8)7(3)4/h7H,5-6H2,1-4H3,(H2,9,15). The molecule has 2 N–H and O–H groups in total. The van der Waals surface area contributed by atoms with E-state index in [1.165, 1.54) is 5.00 Å². The van der Waals surface area contributed by atoms with E-state index in [1.807, 2.05) is 27.7 Å². The summed E-state index contributed by atoms with van der Waals surface area (Å²) in [4.78, 5) is 11.8. The monoisotopic (exact) mass is 307 g/mol. The van der Waals surface area contributed by atoms with E-state index in [4.69, 9.17) is 37.7 Å². The molecule has 0 aliphatic carbocycles. The lowest BCUT2D eigenvalue weighted by atomic mass is 10.4. The van der Waals surface area contributed by atoms with Crippen LogP contribution in [0, 0.1) is 0 Å². The summed E-state index contributed by atoms with van der Waals surface area (Å²) in [6, 6.07) is 0.0988. The van der Waals surface area contributed by atoms with Crippen LogP contribution in [-0.2, 0) is 21.5 Å². The van der Waals surface area contributed by atoms with Crippen LogP contribution in [-0.4, -0.2) is 28.3 Å². The number of rotatable bonds is 8. The van der Waals surface area contributed by atoms with Gasteiger partial charge in [0.1, 0.15) is 0 Å². The van der Waals surface area contributed by atoms with Gasteiger partial charge in [0.05, 0.1) is 13.2 Å². The maximum Gasteiger partial charge on any atom is 0.202 e. The van der Waals surface area contributed by atoms with Gasteiger partial charge >= 0.3 is 0 Å². The lowest BCUT2D eigenvalue weighted by Crippen LogP contribution is -2.35. The van der Waals surface area contributed by atoms with Crippen molar-refractivity contribution in [2.45, 2.75) is 33.7 Å². The van der Waals surface area contributed by atoms with Crippen molar-refractivity contribution in [3.8, 4) is 0 Å². The molecule has 5 nitrogen and oxygen atoms in total. The van der Waals surface area contributed by atoms with Gasteiger partial charge in [-0.3, -0.25) is 15.2 Å². The molecular weight excluding hydrogens is 289 g/mol. The number of halogens is 1. The predicted octanol–water partition coefficient (Wildman–Crippen LogP) is 2.89. The van der Waals surface area contributed by atoms with Crippen LogP contribution in [0.2, 0.25) is 0 Å². The zero-order valence-electron chi connectivity index (χ0n) is 9.92. The zero-order valence-corrected chi connectivity index (χ0v) is 13.2. The second-order valence-electron chi connectivity index (χ2n) is 3.13. The van der Waals surface area contributed by atoms with Gasteiger partial charge < -0.3 is 0 Å². The molecule has 0 bridgehead atoms. The molecular formula is C7H19ClN3O2PS2. The van der Waals surface area contributed by atoms with E-state index < -0.39 is 6.49 Å². The lowest BCUT2D eigenvalue weighted by Gasteiger charge is -2.36. The molecule has 0 saturated heterocycles. The summed E-state index contributed by atoms with van der Waals surface area (Å²) in [6.07, 6.45) is 0. The van der Waals surface area contributed by atoms with Crippen LogP contribution in [0.1, 0.15) is 27.7 Å². The fourth-order valence-electron chi connectivity index (χ4n) is 0.950. The Kier molecular flexibility index (Phi) is 8.80. The van der Waals surface area contributed by atoms with Crippen LogP contribution < -0.4 is 5.50 Å². The molecule has 16 heavy (non-hydrogen) atoms. The van der Waals surface area contributed by atoms with Crippen LogP contribution in [0.15, 0.2) is 0 Å². The minimum Gasteiger partial charge on any atom is -0.275 e. The largest absolute Gasteiger partial charge is 0.275 e. The third-order valence-corrected chi connectivity index (χ3v) is 6.76. The van der Waals surface area contributed by atoms with Gasteiger partial charge in [-0.15, -0.1) is 0 Å². The minimum absolute atomic E-state index is 0.0988. The highest BCUT2D eigenvalue weighted by molar-refractivity contribution is 8.26. The Morgan fingerprint density at radius 2 is 1.81 bits per heavy atom. The van der Waals surface area contributed by atoms with E-state index in [9.17, 15) is 0 Å². The molecule has 0 radical (unpaired) electrons. The first-order valence-electron chi connectivity index (χ1n) is 4.95. The van der Waals surface area contributed by atoms with Crippen molar-refractivity contribution in [2.24, 2.45) is 5.50 Å². The normalized spacial score (nSPS) is 16.1. The number of nitrogens with two attached hydrogens (primary N) is 1. The third kappa shape index (κ3) is 4.76. The minimum atomic E-state index is -2.62. The zero-order chi connectivity index (χ0) is 12.8. The van der Waals surface area contributed by atoms with E-state index in [-0.39, 0.29) is 6.04 Å². The van der Waals surface area contributed by atoms with Gasteiger partial charge in [-0.05, 0) is 55.2 Å². The van der Waals surface area contributed by atoms with Crippen molar-refractivity contribution in [3.63, 3.8) is 0 Å². The van der Waals surface area contributed by atoms with Crippen LogP contribution in [0.5, 0.6) is 0 Å². The lowest BCUT2D eigenvalue weighted by molar-refractivity contribution is -0.298. The summed E-state index contributed by atoms with van der Waals surface area (Å²) in [5, 5.41) is 0. The summed E-state index contributed by atoms with van der Waals surface area (Å²) >= 11 is 6.37. The first-order valence-corrected chi connectivity index (χ1v) is 9.32. The van der Waals surface area contributed by atoms with E-state index in [2.05, 4.69) is 0 Å². The number of hydrogen-bond donors (Lipinski definition) is 1. The van der Waals surface area contributed by atoms with E-state index in [0.29, 0.717) is 13.2 Å². The SMILES string of the molecule is CCON(OCC)P(N)(=S)N(SCl)C(C)C. The molecule has 0 aliphatic rings. The van der Waals surface area contributed by atoms with Crippen molar-refractivity contribution in [2.75, 3.05) is 13.2 Å². The van der Waals surface area contributed by atoms with Gasteiger partial charge in [0.25, 0.3) is 0 Å². The molecule has 0 fully saturated rings. The Hall–Kier alpha value is 1.09. The molecule has 0 aromatic rings. The van der Waals surface area contributed by atoms with Gasteiger partial charge in [-0.2, -0.15) is 4.08 Å². The second-order valence-corrected chi connectivity index (χ2v) is 7.89. The van der Waals surface area contributed by atoms with Crippen LogP contribution in [0.3, 0.4) is 0 Å². The van der Waals surface area contributed by atoms with Crippen LogP contribution >= 0.6 is 28.3 Å². The van der Waals surface area contributed by atoms with Crippen molar-refractivity contribution in [3.05, 3.63) is 0 Å². The highest BCUT2D eigenvalue weighted by Crippen LogP contribution is 2.52. The average Bonchev–Trinajstić information content (AvgIpc) is 2.17. The fraction of sp³-hybridized carbons (Fsp3) is 1.00. The average molecular weight is 308 g/mol. The fourth-order valence-corrected chi connectivity index (χ4v) is 5.81. The Balaban J connectivity index is 4.86. The third-order valence-electron chi connectivity index (χ3n) is 1.51. The molecule has 0 saturated carbocycles. The maximum atomic E-state index is 6.11. The van der Waals surface area contributed by atoms with E-state index in [0.717, 1.165) is 11.2 Å². The van der Waals surface area contributed by atoms with Crippen LogP contribution in [0.4, 0.5) is 0 Å². The molecule has 1 unspecified atom stereocenters. The quantitative estimate of drug-likeness (QED) is 0.420. The number of nitrogens with zero attached hydrogens (tertiary/aromatic N) is 2. The van der Waals surface area contributed by atoms with E-state index in [1.54, 1.807) is 4.08 Å². The summed E-state index contributed by atoms with van der Waals surface area (Å²) < 4.78 is 1.72. The molecule has 1 atom stereocenters. The molecule has 98 valence electrons. The van der Waals surface area contributed by atoms with Crippen LogP contribution in [0.25, 0.3) is 0 Å². The second kappa shape index (κ2) is 8.24. The molecule has 0 spiro atoms. The van der Waals surface area contributed by atoms with Gasteiger partial charge in [0.2, 0.25) is 6.49 Å². The molecule has 0 rings (SSSR count). The van der Waals surface area contributed by atoms with Gasteiger partial charge in [-0.25, -0.2) is 0 Å². The molecule has 0 amide bonds. The Bertz CT molecular complexity index is 242. The summed E-state index contributed by atoms with van der Waals surface area (Å²) in [6.45, 7) is 5.86. The summed E-state index contributed by atoms with van der Waals surface area (Å²) in [5.41, 5.74) is 6.11. The van der Waals surface area contributed by atoms with Crippen molar-refractivity contribution >= 4 is 40.1 Å². The van der Waals surface area contributed by atoms with E-state index >= 15 is 0 Å². The van der Waals surface area contributed by atoms with Crippen molar-refractivity contribution in [1.29, 1.82) is 0 Å². The molecule has 0 heterocycles. The van der Waals surface area contributed by atoms with Crippen molar-refractivity contribution < 1.29 is 9.68 Å². The smallest absolute Gasteiger partial charge is 0.202 e. The van der Waals surface area contributed by atoms with Gasteiger partial charge in [-0.1, -0.05) is 0 Å². The molecule has 0 aliphatic heterocycles. The predicted molar refractivity (Wildman–Crippen MR) is 74.0 cm³/mol.